The lowest BCUT2D eigenvalue weighted by atomic mass is 9.87. The van der Waals surface area contributed by atoms with Crippen molar-refractivity contribution in [3.8, 4) is 0 Å². The molecule has 0 aromatic carbocycles. The van der Waals surface area contributed by atoms with Crippen LogP contribution in [-0.2, 0) is 22.6 Å². The number of nitrogens with one attached hydrogen (secondary N) is 1. The number of aromatic nitrogens is 3. The van der Waals surface area contributed by atoms with E-state index in [4.69, 9.17) is 0 Å². The summed E-state index contributed by atoms with van der Waals surface area (Å²) >= 11 is 0. The summed E-state index contributed by atoms with van der Waals surface area (Å²) in [6.07, 6.45) is -2.94. The van der Waals surface area contributed by atoms with Crippen LogP contribution in [0, 0.1) is 5.92 Å². The molecule has 0 spiro atoms. The zero-order valence-electron chi connectivity index (χ0n) is 16.3. The van der Waals surface area contributed by atoms with Crippen LogP contribution in [0.15, 0.2) is 29.6 Å². The maximum absolute atomic E-state index is 13.4. The zero-order chi connectivity index (χ0) is 23.0. The summed E-state index contributed by atoms with van der Waals surface area (Å²) in [6.45, 7) is -0.125. The smallest absolute Gasteiger partial charge is 0.320 e. The van der Waals surface area contributed by atoms with Crippen LogP contribution in [0.3, 0.4) is 0 Å². The molecule has 1 amide bonds. The van der Waals surface area contributed by atoms with Gasteiger partial charge in [-0.1, -0.05) is 0 Å². The van der Waals surface area contributed by atoms with Crippen molar-refractivity contribution in [1.82, 2.24) is 14.8 Å². The fourth-order valence-corrected chi connectivity index (χ4v) is 3.97. The highest BCUT2D eigenvalue weighted by Crippen LogP contribution is 2.38. The minimum absolute atomic E-state index is 0.0707. The van der Waals surface area contributed by atoms with Crippen molar-refractivity contribution >= 4 is 21.4 Å². The molecule has 0 saturated heterocycles. The summed E-state index contributed by atoms with van der Waals surface area (Å²) < 4.78 is 91.1. The third-order valence-corrected chi connectivity index (χ3v) is 5.98. The van der Waals surface area contributed by atoms with Gasteiger partial charge in [0.05, 0.1) is 6.20 Å². The molecule has 2 heterocycles. The molecule has 1 N–H and O–H groups in total. The minimum atomic E-state index is -4.87. The highest BCUT2D eigenvalue weighted by molar-refractivity contribution is 7.90. The molecule has 7 nitrogen and oxygen atoms in total. The number of alkyl halides is 5. The molecule has 0 aliphatic heterocycles. The standard InChI is InChI=1S/C18H19F5N4O3S/c1-31(29,30)14-8-12(4-7-24-14)26-16(28)15-13(18(21,22)23)9-25-27(15)10-11-2-5-17(19,20)6-3-11/h4,7-9,11H,2-3,5-6,10H2,1H3,(H,24,26,28). The number of sulfone groups is 1. The summed E-state index contributed by atoms with van der Waals surface area (Å²) in [4.78, 5) is 16.4. The van der Waals surface area contributed by atoms with E-state index >= 15 is 0 Å². The van der Waals surface area contributed by atoms with Gasteiger partial charge >= 0.3 is 6.18 Å². The molecule has 0 atom stereocenters. The van der Waals surface area contributed by atoms with Crippen LogP contribution < -0.4 is 5.32 Å². The molecular formula is C18H19F5N4O3S. The second kappa shape index (κ2) is 8.17. The van der Waals surface area contributed by atoms with E-state index in [0.29, 0.717) is 6.20 Å². The third kappa shape index (κ3) is 5.57. The lowest BCUT2D eigenvalue weighted by Crippen LogP contribution is -2.29. The van der Waals surface area contributed by atoms with Gasteiger partial charge in [0.25, 0.3) is 5.91 Å². The Morgan fingerprint density at radius 3 is 2.52 bits per heavy atom. The Morgan fingerprint density at radius 1 is 1.29 bits per heavy atom. The van der Waals surface area contributed by atoms with Gasteiger partial charge in [-0.2, -0.15) is 18.3 Å². The van der Waals surface area contributed by atoms with Crippen molar-refractivity contribution in [2.75, 3.05) is 11.6 Å². The van der Waals surface area contributed by atoms with E-state index in [1.165, 1.54) is 6.07 Å². The molecule has 0 unspecified atom stereocenters. The fourth-order valence-electron chi connectivity index (χ4n) is 3.38. The third-order valence-electron chi connectivity index (χ3n) is 5.00. The van der Waals surface area contributed by atoms with Crippen LogP contribution >= 0.6 is 0 Å². The number of amides is 1. The normalized spacial score (nSPS) is 17.5. The van der Waals surface area contributed by atoms with Gasteiger partial charge in [-0.25, -0.2) is 22.2 Å². The Morgan fingerprint density at radius 2 is 1.94 bits per heavy atom. The van der Waals surface area contributed by atoms with Crippen LogP contribution in [0.2, 0.25) is 0 Å². The first kappa shape index (κ1) is 23.1. The summed E-state index contributed by atoms with van der Waals surface area (Å²) in [5.41, 5.74) is -2.12. The molecule has 13 heteroatoms. The van der Waals surface area contributed by atoms with Gasteiger partial charge in [0.1, 0.15) is 11.3 Å². The molecule has 1 aliphatic carbocycles. The van der Waals surface area contributed by atoms with Crippen molar-refractivity contribution in [2.45, 2.75) is 49.4 Å². The lowest BCUT2D eigenvalue weighted by molar-refractivity contribution is -0.138. The van der Waals surface area contributed by atoms with Crippen LogP contribution in [-0.4, -0.2) is 41.3 Å². The molecule has 31 heavy (non-hydrogen) atoms. The fraction of sp³-hybridized carbons (Fsp3) is 0.500. The first-order valence-electron chi connectivity index (χ1n) is 9.24. The van der Waals surface area contributed by atoms with Crippen LogP contribution in [0.25, 0.3) is 0 Å². The Kier molecular flexibility index (Phi) is 6.09. The lowest BCUT2D eigenvalue weighted by Gasteiger charge is -2.28. The summed E-state index contributed by atoms with van der Waals surface area (Å²) in [5, 5.41) is 5.55. The number of nitrogens with zero attached hydrogens (tertiary/aromatic N) is 3. The summed E-state index contributed by atoms with van der Waals surface area (Å²) in [7, 11) is -3.70. The minimum Gasteiger partial charge on any atom is -0.320 e. The number of halogens is 5. The molecule has 1 fully saturated rings. The van der Waals surface area contributed by atoms with Crippen molar-refractivity contribution in [3.05, 3.63) is 35.8 Å². The van der Waals surface area contributed by atoms with E-state index in [9.17, 15) is 35.2 Å². The quantitative estimate of drug-likeness (QED) is 0.677. The highest BCUT2D eigenvalue weighted by atomic mass is 32.2. The second-order valence-electron chi connectivity index (χ2n) is 7.50. The summed E-state index contributed by atoms with van der Waals surface area (Å²) in [5.74, 6) is -4.31. The molecule has 170 valence electrons. The monoisotopic (exact) mass is 466 g/mol. The predicted molar refractivity (Wildman–Crippen MR) is 99.4 cm³/mol. The van der Waals surface area contributed by atoms with Gasteiger partial charge in [-0.3, -0.25) is 9.48 Å². The first-order valence-corrected chi connectivity index (χ1v) is 11.1. The number of anilines is 1. The Balaban J connectivity index is 1.88. The van der Waals surface area contributed by atoms with Gasteiger partial charge in [0.2, 0.25) is 5.92 Å². The van der Waals surface area contributed by atoms with Gasteiger partial charge in [-0.05, 0) is 30.9 Å². The van der Waals surface area contributed by atoms with Crippen molar-refractivity contribution < 1.29 is 35.2 Å². The molecule has 2 aromatic heterocycles. The molecule has 1 saturated carbocycles. The predicted octanol–water partition coefficient (Wildman–Crippen LogP) is 3.78. The average Bonchev–Trinajstić information content (AvgIpc) is 3.07. The molecule has 3 rings (SSSR count). The van der Waals surface area contributed by atoms with Crippen molar-refractivity contribution in [2.24, 2.45) is 5.92 Å². The van der Waals surface area contributed by atoms with Gasteiger partial charge in [0, 0.05) is 37.5 Å². The average molecular weight is 466 g/mol. The van der Waals surface area contributed by atoms with E-state index in [1.807, 2.05) is 0 Å². The maximum Gasteiger partial charge on any atom is 0.420 e. The van der Waals surface area contributed by atoms with Gasteiger partial charge in [0.15, 0.2) is 14.9 Å². The van der Waals surface area contributed by atoms with E-state index in [2.05, 4.69) is 15.4 Å². The Bertz CT molecular complexity index is 1070. The zero-order valence-corrected chi connectivity index (χ0v) is 17.1. The highest BCUT2D eigenvalue weighted by Gasteiger charge is 2.40. The van der Waals surface area contributed by atoms with Gasteiger partial charge < -0.3 is 5.32 Å². The van der Waals surface area contributed by atoms with E-state index < -0.39 is 39.1 Å². The number of rotatable bonds is 5. The number of carbonyl (C=O) groups excluding carboxylic acids is 1. The maximum atomic E-state index is 13.4. The van der Waals surface area contributed by atoms with E-state index in [0.717, 1.165) is 23.2 Å². The Hall–Kier alpha value is -2.57. The number of carbonyl (C=O) groups is 1. The molecule has 0 bridgehead atoms. The van der Waals surface area contributed by atoms with E-state index in [-0.39, 0.29) is 48.9 Å². The topological polar surface area (TPSA) is 94.0 Å². The number of pyridine rings is 1. The number of hydrogen-bond donors (Lipinski definition) is 1. The number of hydrogen-bond acceptors (Lipinski definition) is 5. The van der Waals surface area contributed by atoms with Crippen molar-refractivity contribution in [1.29, 1.82) is 0 Å². The van der Waals surface area contributed by atoms with Crippen LogP contribution in [0.4, 0.5) is 27.6 Å². The molecule has 0 radical (unpaired) electrons. The second-order valence-corrected chi connectivity index (χ2v) is 9.46. The molecule has 1 aliphatic rings. The first-order chi connectivity index (χ1) is 14.3. The SMILES string of the molecule is CS(=O)(=O)c1cc(NC(=O)c2c(C(F)(F)F)cnn2CC2CCC(F)(F)CC2)ccn1. The van der Waals surface area contributed by atoms with Crippen LogP contribution in [0.1, 0.15) is 41.7 Å². The molecular weight excluding hydrogens is 447 g/mol. The van der Waals surface area contributed by atoms with Crippen molar-refractivity contribution in [3.63, 3.8) is 0 Å². The Labute approximate surface area is 174 Å². The van der Waals surface area contributed by atoms with Gasteiger partial charge in [-0.15, -0.1) is 0 Å². The molecule has 2 aromatic rings. The van der Waals surface area contributed by atoms with E-state index in [1.54, 1.807) is 0 Å². The van der Waals surface area contributed by atoms with Crippen LogP contribution in [0.5, 0.6) is 0 Å². The largest absolute Gasteiger partial charge is 0.420 e. The summed E-state index contributed by atoms with van der Waals surface area (Å²) in [6, 6.07) is 2.24.